The number of fused-ring (bicyclic) bond motifs is 2. The molecule has 1 aliphatic rings. The maximum atomic E-state index is 13.2. The van der Waals surface area contributed by atoms with Gasteiger partial charge in [-0.05, 0) is 25.5 Å². The second-order valence-electron chi connectivity index (χ2n) is 6.20. The maximum Gasteiger partial charge on any atom is 0.198 e. The number of carbonyl (C=O) groups is 2. The van der Waals surface area contributed by atoms with Gasteiger partial charge in [-0.25, -0.2) is 0 Å². The summed E-state index contributed by atoms with van der Waals surface area (Å²) in [7, 11) is 1.50. The Morgan fingerprint density at radius 3 is 2.27 bits per heavy atom. The van der Waals surface area contributed by atoms with Crippen molar-refractivity contribution in [3.05, 3.63) is 76.4 Å². The third kappa shape index (κ3) is 2.84. The van der Waals surface area contributed by atoms with E-state index >= 15 is 0 Å². The molecule has 0 radical (unpaired) electrons. The molecule has 132 valence electrons. The van der Waals surface area contributed by atoms with Crippen LogP contribution in [-0.4, -0.2) is 25.3 Å². The number of ketones is 2. The smallest absolute Gasteiger partial charge is 0.198 e. The van der Waals surface area contributed by atoms with E-state index in [1.54, 1.807) is 30.3 Å². The molecule has 0 heterocycles. The van der Waals surface area contributed by atoms with Crippen LogP contribution in [0.3, 0.4) is 0 Å². The van der Waals surface area contributed by atoms with Gasteiger partial charge in [-0.15, -0.1) is 0 Å². The quantitative estimate of drug-likeness (QED) is 0.639. The van der Waals surface area contributed by atoms with E-state index in [4.69, 9.17) is 9.47 Å². The second kappa shape index (κ2) is 7.00. The van der Waals surface area contributed by atoms with Crippen molar-refractivity contribution in [2.75, 3.05) is 13.7 Å². The minimum Gasteiger partial charge on any atom is -0.495 e. The predicted molar refractivity (Wildman–Crippen MR) is 101 cm³/mol. The highest BCUT2D eigenvalue weighted by atomic mass is 16.5. The number of carbonyl (C=O) groups excluding carboxylic acids is 2. The van der Waals surface area contributed by atoms with Gasteiger partial charge in [0, 0.05) is 16.7 Å². The van der Waals surface area contributed by atoms with Gasteiger partial charge >= 0.3 is 0 Å². The largest absolute Gasteiger partial charge is 0.495 e. The molecule has 3 rings (SSSR count). The van der Waals surface area contributed by atoms with E-state index in [0.29, 0.717) is 28.2 Å². The van der Waals surface area contributed by atoms with Crippen molar-refractivity contribution in [2.45, 2.75) is 13.8 Å². The van der Waals surface area contributed by atoms with Crippen LogP contribution in [0.15, 0.2) is 48.6 Å². The van der Waals surface area contributed by atoms with Crippen molar-refractivity contribution in [2.24, 2.45) is 0 Å². The summed E-state index contributed by atoms with van der Waals surface area (Å²) in [5.41, 5.74) is 2.77. The molecule has 2 aromatic carbocycles. The van der Waals surface area contributed by atoms with Crippen molar-refractivity contribution in [3.8, 4) is 11.5 Å². The van der Waals surface area contributed by atoms with E-state index < -0.39 is 0 Å². The molecule has 1 aliphatic carbocycles. The maximum absolute atomic E-state index is 13.2. The van der Waals surface area contributed by atoms with Crippen LogP contribution in [0.25, 0.3) is 6.08 Å². The fourth-order valence-corrected chi connectivity index (χ4v) is 3.09. The number of benzene rings is 2. The second-order valence-corrected chi connectivity index (χ2v) is 6.20. The summed E-state index contributed by atoms with van der Waals surface area (Å²) in [6.07, 6.45) is 3.67. The predicted octanol–water partition coefficient (Wildman–Crippen LogP) is 4.46. The molecule has 4 nitrogen and oxygen atoms in total. The molecule has 0 spiro atoms. The lowest BCUT2D eigenvalue weighted by atomic mass is 9.82. The Kier molecular flexibility index (Phi) is 4.76. The third-order valence-electron chi connectivity index (χ3n) is 4.17. The molecule has 0 aromatic heterocycles. The zero-order valence-corrected chi connectivity index (χ0v) is 15.1. The third-order valence-corrected chi connectivity index (χ3v) is 4.17. The van der Waals surface area contributed by atoms with Crippen molar-refractivity contribution < 1.29 is 19.1 Å². The first-order chi connectivity index (χ1) is 12.5. The summed E-state index contributed by atoms with van der Waals surface area (Å²) < 4.78 is 11.3. The average Bonchev–Trinajstić information content (AvgIpc) is 2.64. The lowest BCUT2D eigenvalue weighted by molar-refractivity contribution is 0.0973. The van der Waals surface area contributed by atoms with Crippen LogP contribution in [0.1, 0.15) is 51.3 Å². The average molecular weight is 348 g/mol. The summed E-state index contributed by atoms with van der Waals surface area (Å²) in [6.45, 7) is 7.80. The van der Waals surface area contributed by atoms with Gasteiger partial charge in [-0.3, -0.25) is 9.59 Å². The van der Waals surface area contributed by atoms with Gasteiger partial charge in [-0.1, -0.05) is 43.0 Å². The van der Waals surface area contributed by atoms with Crippen LogP contribution in [-0.2, 0) is 0 Å². The normalized spacial score (nSPS) is 12.7. The van der Waals surface area contributed by atoms with E-state index in [2.05, 4.69) is 6.58 Å². The van der Waals surface area contributed by atoms with Crippen molar-refractivity contribution in [3.63, 3.8) is 0 Å². The molecule has 0 unspecified atom stereocenters. The Morgan fingerprint density at radius 1 is 1.12 bits per heavy atom. The van der Waals surface area contributed by atoms with E-state index in [0.717, 1.165) is 5.57 Å². The molecule has 0 aliphatic heterocycles. The number of hydrogen-bond donors (Lipinski definition) is 0. The molecule has 0 N–H and O–H groups in total. The Balaban J connectivity index is 2.32. The lowest BCUT2D eigenvalue weighted by Crippen LogP contribution is -2.23. The Labute approximate surface area is 152 Å². The fourth-order valence-electron chi connectivity index (χ4n) is 3.09. The number of methoxy groups -OCH3 is 1. The topological polar surface area (TPSA) is 52.6 Å². The molecular formula is C22H20O4. The van der Waals surface area contributed by atoms with Gasteiger partial charge in [0.1, 0.15) is 18.1 Å². The van der Waals surface area contributed by atoms with Gasteiger partial charge in [-0.2, -0.15) is 0 Å². The molecule has 0 bridgehead atoms. The van der Waals surface area contributed by atoms with E-state index in [9.17, 15) is 9.59 Å². The minimum absolute atomic E-state index is 0.237. The van der Waals surface area contributed by atoms with Crippen molar-refractivity contribution >= 4 is 17.6 Å². The summed E-state index contributed by atoms with van der Waals surface area (Å²) in [5.74, 6) is 0.272. The van der Waals surface area contributed by atoms with Gasteiger partial charge in [0.2, 0.25) is 0 Å². The molecule has 0 saturated carbocycles. The van der Waals surface area contributed by atoms with E-state index in [-0.39, 0.29) is 29.3 Å². The van der Waals surface area contributed by atoms with E-state index in [1.165, 1.54) is 7.11 Å². The van der Waals surface area contributed by atoms with Crippen LogP contribution in [0.2, 0.25) is 0 Å². The zero-order chi connectivity index (χ0) is 18.8. The number of rotatable bonds is 5. The first-order valence-electron chi connectivity index (χ1n) is 8.32. The summed E-state index contributed by atoms with van der Waals surface area (Å²) in [5, 5.41) is 0. The monoisotopic (exact) mass is 348 g/mol. The van der Waals surface area contributed by atoms with Gasteiger partial charge in [0.05, 0.1) is 18.2 Å². The minimum atomic E-state index is -0.239. The molecule has 26 heavy (non-hydrogen) atoms. The van der Waals surface area contributed by atoms with Crippen LogP contribution < -0.4 is 9.47 Å². The number of hydrogen-bond acceptors (Lipinski definition) is 4. The van der Waals surface area contributed by atoms with Crippen LogP contribution >= 0.6 is 0 Å². The highest BCUT2D eigenvalue weighted by molar-refractivity contribution is 6.30. The van der Waals surface area contributed by atoms with E-state index in [1.807, 2.05) is 26.0 Å². The molecule has 4 heteroatoms. The van der Waals surface area contributed by atoms with Crippen LogP contribution in [0, 0.1) is 0 Å². The Bertz CT molecular complexity index is 951. The van der Waals surface area contributed by atoms with Crippen LogP contribution in [0.5, 0.6) is 11.5 Å². The van der Waals surface area contributed by atoms with Crippen LogP contribution in [0.4, 0.5) is 0 Å². The SMILES string of the molecule is C=C(C)COc1cc(/C=C/C)c(OC)c2c1C(=O)c1ccccc1C2=O. The van der Waals surface area contributed by atoms with Gasteiger partial charge < -0.3 is 9.47 Å². The molecule has 2 aromatic rings. The Morgan fingerprint density at radius 2 is 1.73 bits per heavy atom. The Hall–Kier alpha value is -3.14. The zero-order valence-electron chi connectivity index (χ0n) is 15.1. The summed E-state index contributed by atoms with van der Waals surface area (Å²) in [4.78, 5) is 26.3. The summed E-state index contributed by atoms with van der Waals surface area (Å²) in [6, 6.07) is 8.55. The molecule has 0 amide bonds. The molecule has 0 fully saturated rings. The first-order valence-corrected chi connectivity index (χ1v) is 8.32. The van der Waals surface area contributed by atoms with Gasteiger partial charge in [0.25, 0.3) is 0 Å². The fraction of sp³-hybridized carbons (Fsp3) is 0.182. The van der Waals surface area contributed by atoms with Crippen molar-refractivity contribution in [1.29, 1.82) is 0 Å². The lowest BCUT2D eigenvalue weighted by Gasteiger charge is -2.23. The highest BCUT2D eigenvalue weighted by Crippen LogP contribution is 2.41. The summed E-state index contributed by atoms with van der Waals surface area (Å²) >= 11 is 0. The standard InChI is InChI=1S/C22H20O4/c1-5-8-14-11-17(26-12-13(2)3)18-19(22(14)25-4)21(24)16-10-7-6-9-15(16)20(18)23/h5-11H,2,12H2,1,3-4H3/b8-5+. The highest BCUT2D eigenvalue weighted by Gasteiger charge is 2.36. The first kappa shape index (κ1) is 17.7. The molecule has 0 atom stereocenters. The van der Waals surface area contributed by atoms with Crippen molar-refractivity contribution in [1.82, 2.24) is 0 Å². The van der Waals surface area contributed by atoms with Gasteiger partial charge in [0.15, 0.2) is 11.6 Å². The molecular weight excluding hydrogens is 328 g/mol. The number of ether oxygens (including phenoxy) is 2. The molecule has 0 saturated heterocycles. The number of allylic oxidation sites excluding steroid dienone is 1.